The Bertz CT molecular complexity index is 1270. The largest absolute Gasteiger partial charge is 0.378 e. The predicted molar refractivity (Wildman–Crippen MR) is 153 cm³/mol. The van der Waals surface area contributed by atoms with E-state index in [0.29, 0.717) is 29.8 Å². The van der Waals surface area contributed by atoms with E-state index in [9.17, 15) is 4.39 Å². The highest BCUT2D eigenvalue weighted by molar-refractivity contribution is 5.99. The van der Waals surface area contributed by atoms with Gasteiger partial charge < -0.3 is 24.8 Å². The summed E-state index contributed by atoms with van der Waals surface area (Å²) < 4.78 is 35.4. The summed E-state index contributed by atoms with van der Waals surface area (Å²) in [6.45, 7) is 12.9. The van der Waals surface area contributed by atoms with Crippen LogP contribution in [0.2, 0.25) is 0 Å². The van der Waals surface area contributed by atoms with Gasteiger partial charge in [0.25, 0.3) is 0 Å². The van der Waals surface area contributed by atoms with Gasteiger partial charge in [0, 0.05) is 62.7 Å². The smallest absolute Gasteiger partial charge is 0.137 e. The number of rotatable bonds is 8. The van der Waals surface area contributed by atoms with Gasteiger partial charge in [-0.1, -0.05) is 6.92 Å². The minimum Gasteiger partial charge on any atom is -0.378 e. The summed E-state index contributed by atoms with van der Waals surface area (Å²) in [6.07, 6.45) is 4.42. The van der Waals surface area contributed by atoms with Gasteiger partial charge in [0.2, 0.25) is 0 Å². The summed E-state index contributed by atoms with van der Waals surface area (Å²) in [5.41, 5.74) is 4.94. The molecule has 0 spiro atoms. The first kappa shape index (κ1) is 26.5. The van der Waals surface area contributed by atoms with Crippen molar-refractivity contribution in [3.8, 4) is 0 Å². The zero-order valence-corrected chi connectivity index (χ0v) is 22.8. The highest BCUT2D eigenvalue weighted by atomic mass is 19.1. The second kappa shape index (κ2) is 11.7. The van der Waals surface area contributed by atoms with Gasteiger partial charge in [0.05, 0.1) is 41.2 Å². The number of nitrogens with zero attached hydrogens (tertiary/aromatic N) is 4. The van der Waals surface area contributed by atoms with Gasteiger partial charge in [-0.2, -0.15) is 0 Å². The molecule has 8 heteroatoms. The Kier molecular flexibility index (Phi) is 8.17. The predicted octanol–water partition coefficient (Wildman–Crippen LogP) is 6.63. The molecule has 2 aliphatic heterocycles. The maximum absolute atomic E-state index is 15.4. The lowest BCUT2D eigenvalue weighted by atomic mass is 10.0. The highest BCUT2D eigenvalue weighted by Crippen LogP contribution is 2.40. The quantitative estimate of drug-likeness (QED) is 0.358. The van der Waals surface area contributed by atoms with Gasteiger partial charge in [-0.3, -0.25) is 0 Å². The van der Waals surface area contributed by atoms with Crippen molar-refractivity contribution in [3.05, 3.63) is 47.5 Å². The summed E-state index contributed by atoms with van der Waals surface area (Å²) in [4.78, 5) is 11.7. The van der Waals surface area contributed by atoms with E-state index in [4.69, 9.17) is 9.72 Å². The monoisotopic (exact) mass is 523 g/mol. The molecule has 3 heterocycles. The molecule has 0 aliphatic carbocycles. The molecule has 0 amide bonds. The molecular weight excluding hydrogens is 484 g/mol. The average Bonchev–Trinajstić information content (AvgIpc) is 2.94. The number of benzene rings is 2. The summed E-state index contributed by atoms with van der Waals surface area (Å²) >= 11 is 0. The maximum Gasteiger partial charge on any atom is 0.137 e. The van der Waals surface area contributed by atoms with Crippen LogP contribution in [-0.2, 0) is 4.74 Å². The van der Waals surface area contributed by atoms with E-state index < -0.39 is 11.6 Å². The van der Waals surface area contributed by atoms with Crippen LogP contribution >= 0.6 is 0 Å². The third-order valence-electron chi connectivity index (χ3n) is 7.71. The highest BCUT2D eigenvalue weighted by Gasteiger charge is 2.24. The number of ether oxygens (including phenoxy) is 1. The number of hydrogen-bond acceptors (Lipinski definition) is 6. The standard InChI is InChI=1S/C30H39F2N5O/c1-4-11-35(5-2)23-9-10-27(36-14-16-38-17-15-36)25(20-23)33-29-21(3)30(37-12-7-6-8-13-37)34-26-19-22(31)18-24(32)28(26)29/h9-10,18-20H,4-8,11-17H2,1-3H3,(H,33,34). The van der Waals surface area contributed by atoms with Gasteiger partial charge in [-0.25, -0.2) is 13.8 Å². The molecule has 6 nitrogen and oxygen atoms in total. The first-order valence-corrected chi connectivity index (χ1v) is 14.0. The van der Waals surface area contributed by atoms with Crippen LogP contribution in [-0.4, -0.2) is 57.5 Å². The van der Waals surface area contributed by atoms with Crippen LogP contribution < -0.4 is 20.0 Å². The number of piperidine rings is 1. The Morgan fingerprint density at radius 2 is 1.74 bits per heavy atom. The van der Waals surface area contributed by atoms with Gasteiger partial charge in [0.1, 0.15) is 17.5 Å². The Balaban J connectivity index is 1.67. The zero-order valence-electron chi connectivity index (χ0n) is 22.8. The van der Waals surface area contributed by atoms with E-state index in [-0.39, 0.29) is 0 Å². The van der Waals surface area contributed by atoms with E-state index in [0.717, 1.165) is 93.0 Å². The van der Waals surface area contributed by atoms with Crippen LogP contribution in [0.25, 0.3) is 10.9 Å². The number of morpholine rings is 1. The Hall–Kier alpha value is -3.13. The van der Waals surface area contributed by atoms with Crippen molar-refractivity contribution in [3.63, 3.8) is 0 Å². The van der Waals surface area contributed by atoms with E-state index in [2.05, 4.69) is 52.1 Å². The third-order valence-corrected chi connectivity index (χ3v) is 7.71. The Labute approximate surface area is 224 Å². The number of anilines is 5. The fourth-order valence-corrected chi connectivity index (χ4v) is 5.74. The number of halogens is 2. The summed E-state index contributed by atoms with van der Waals surface area (Å²) in [6, 6.07) is 8.78. The molecule has 38 heavy (non-hydrogen) atoms. The van der Waals surface area contributed by atoms with Gasteiger partial charge in [-0.05, 0) is 57.7 Å². The summed E-state index contributed by atoms with van der Waals surface area (Å²) in [5.74, 6) is -0.417. The lowest BCUT2D eigenvalue weighted by molar-refractivity contribution is 0.123. The molecule has 2 fully saturated rings. The molecule has 0 atom stereocenters. The molecule has 1 N–H and O–H groups in total. The lowest BCUT2D eigenvalue weighted by Crippen LogP contribution is -2.36. The van der Waals surface area contributed by atoms with Crippen LogP contribution in [0.1, 0.15) is 45.1 Å². The van der Waals surface area contributed by atoms with E-state index >= 15 is 4.39 Å². The first-order chi connectivity index (χ1) is 18.5. The molecule has 204 valence electrons. The Morgan fingerprint density at radius 3 is 2.45 bits per heavy atom. The second-order valence-corrected chi connectivity index (χ2v) is 10.3. The van der Waals surface area contributed by atoms with Crippen molar-refractivity contribution in [1.29, 1.82) is 0 Å². The molecule has 2 aliphatic rings. The van der Waals surface area contributed by atoms with E-state index in [1.807, 2.05) is 6.92 Å². The van der Waals surface area contributed by atoms with Crippen LogP contribution in [0, 0.1) is 18.6 Å². The zero-order chi connectivity index (χ0) is 26.6. The molecule has 5 rings (SSSR count). The molecule has 0 saturated carbocycles. The number of fused-ring (bicyclic) bond motifs is 1. The summed E-state index contributed by atoms with van der Waals surface area (Å²) in [5, 5.41) is 3.97. The van der Waals surface area contributed by atoms with Crippen LogP contribution in [0.3, 0.4) is 0 Å². The summed E-state index contributed by atoms with van der Waals surface area (Å²) in [7, 11) is 0. The van der Waals surface area contributed by atoms with E-state index in [1.165, 1.54) is 12.5 Å². The van der Waals surface area contributed by atoms with E-state index in [1.54, 1.807) is 0 Å². The second-order valence-electron chi connectivity index (χ2n) is 10.3. The van der Waals surface area contributed by atoms with Crippen LogP contribution in [0.5, 0.6) is 0 Å². The van der Waals surface area contributed by atoms with Crippen LogP contribution in [0.15, 0.2) is 30.3 Å². The number of nitrogens with one attached hydrogen (secondary N) is 1. The molecule has 0 unspecified atom stereocenters. The van der Waals surface area contributed by atoms with Gasteiger partial charge in [0.15, 0.2) is 0 Å². The number of aromatic nitrogens is 1. The fraction of sp³-hybridized carbons (Fsp3) is 0.500. The van der Waals surface area contributed by atoms with Crippen LogP contribution in [0.4, 0.5) is 37.3 Å². The Morgan fingerprint density at radius 1 is 0.974 bits per heavy atom. The molecule has 2 aromatic carbocycles. The first-order valence-electron chi connectivity index (χ1n) is 14.0. The third kappa shape index (κ3) is 5.37. The topological polar surface area (TPSA) is 43.9 Å². The maximum atomic E-state index is 15.4. The average molecular weight is 524 g/mol. The fourth-order valence-electron chi connectivity index (χ4n) is 5.74. The van der Waals surface area contributed by atoms with Crippen molar-refractivity contribution < 1.29 is 13.5 Å². The molecule has 0 radical (unpaired) electrons. The normalized spacial score (nSPS) is 16.2. The number of hydrogen-bond donors (Lipinski definition) is 1. The lowest BCUT2D eigenvalue weighted by Gasteiger charge is -2.33. The molecule has 3 aromatic rings. The minimum atomic E-state index is -0.615. The van der Waals surface area contributed by atoms with Gasteiger partial charge in [-0.15, -0.1) is 0 Å². The molecule has 2 saturated heterocycles. The van der Waals surface area contributed by atoms with Crippen molar-refractivity contribution in [2.24, 2.45) is 0 Å². The molecular formula is C30H39F2N5O. The molecule has 1 aromatic heterocycles. The van der Waals surface area contributed by atoms with Crippen molar-refractivity contribution in [1.82, 2.24) is 4.98 Å². The molecule has 0 bridgehead atoms. The van der Waals surface area contributed by atoms with Gasteiger partial charge >= 0.3 is 0 Å². The van der Waals surface area contributed by atoms with Crippen molar-refractivity contribution in [2.45, 2.75) is 46.5 Å². The van der Waals surface area contributed by atoms with Crippen molar-refractivity contribution in [2.75, 3.05) is 72.5 Å². The SMILES string of the molecule is CCCN(CC)c1ccc(N2CCOCC2)c(Nc2c(C)c(N3CCCCC3)nc3cc(F)cc(F)c23)c1. The van der Waals surface area contributed by atoms with Crippen molar-refractivity contribution >= 4 is 39.5 Å². The number of pyridine rings is 1. The minimum absolute atomic E-state index is 0.323.